The molecule has 2 aromatic rings. The van der Waals surface area contributed by atoms with Crippen LogP contribution in [0.5, 0.6) is 0 Å². The Kier molecular flexibility index (Phi) is 8.79. The minimum atomic E-state index is -0.396. The fourth-order valence-electron chi connectivity index (χ4n) is 3.79. The fourth-order valence-corrected chi connectivity index (χ4v) is 3.79. The van der Waals surface area contributed by atoms with Crippen molar-refractivity contribution in [2.24, 2.45) is 5.92 Å². The molecule has 35 heavy (non-hydrogen) atoms. The van der Waals surface area contributed by atoms with E-state index in [1.54, 1.807) is 35.2 Å². The first-order chi connectivity index (χ1) is 16.8. The van der Waals surface area contributed by atoms with E-state index in [0.29, 0.717) is 42.9 Å². The second-order valence-corrected chi connectivity index (χ2v) is 8.88. The number of benzene rings is 2. The van der Waals surface area contributed by atoms with Crippen LogP contribution in [0.1, 0.15) is 52.6 Å². The van der Waals surface area contributed by atoms with Crippen LogP contribution in [0.25, 0.3) is 0 Å². The van der Waals surface area contributed by atoms with Gasteiger partial charge in [0.05, 0.1) is 12.2 Å². The molecule has 0 spiro atoms. The largest absolute Gasteiger partial charge is 0.462 e. The summed E-state index contributed by atoms with van der Waals surface area (Å²) in [5.41, 5.74) is 4.41. The van der Waals surface area contributed by atoms with Gasteiger partial charge in [-0.05, 0) is 53.8 Å². The predicted octanol–water partition coefficient (Wildman–Crippen LogP) is 4.83. The molecule has 3 rings (SSSR count). The Bertz CT molecular complexity index is 1160. The zero-order chi connectivity index (χ0) is 25.4. The van der Waals surface area contributed by atoms with Gasteiger partial charge in [-0.2, -0.15) is 0 Å². The third kappa shape index (κ3) is 6.79. The lowest BCUT2D eigenvalue weighted by Crippen LogP contribution is -2.26. The molecule has 1 heterocycles. The topological polar surface area (TPSA) is 75.7 Å². The lowest BCUT2D eigenvalue weighted by molar-refractivity contribution is -0.125. The summed E-state index contributed by atoms with van der Waals surface area (Å²) in [6.45, 7) is 11.4. The Morgan fingerprint density at radius 2 is 1.80 bits per heavy atom. The molecule has 0 fully saturated rings. The van der Waals surface area contributed by atoms with Crippen LogP contribution in [-0.2, 0) is 22.6 Å². The van der Waals surface area contributed by atoms with Crippen LogP contribution < -0.4 is 5.32 Å². The Labute approximate surface area is 207 Å². The lowest BCUT2D eigenvalue weighted by Gasteiger charge is -2.17. The number of esters is 1. The number of rotatable bonds is 10. The van der Waals surface area contributed by atoms with E-state index < -0.39 is 5.97 Å². The number of hydrogen-bond donors (Lipinski definition) is 1. The predicted molar refractivity (Wildman–Crippen MR) is 137 cm³/mol. The van der Waals surface area contributed by atoms with Gasteiger partial charge in [-0.3, -0.25) is 9.59 Å². The van der Waals surface area contributed by atoms with Gasteiger partial charge in [-0.25, -0.2) is 4.79 Å². The maximum atomic E-state index is 12.7. The van der Waals surface area contributed by atoms with Gasteiger partial charge < -0.3 is 15.0 Å². The van der Waals surface area contributed by atoms with Gasteiger partial charge >= 0.3 is 5.97 Å². The number of carbonyl (C=O) groups is 3. The van der Waals surface area contributed by atoms with Gasteiger partial charge in [0, 0.05) is 30.8 Å². The molecule has 2 amide bonds. The highest BCUT2D eigenvalue weighted by Gasteiger charge is 2.27. The van der Waals surface area contributed by atoms with Gasteiger partial charge in [0.1, 0.15) is 0 Å². The summed E-state index contributed by atoms with van der Waals surface area (Å²) in [5.74, 6) is -0.395. The summed E-state index contributed by atoms with van der Waals surface area (Å²) in [4.78, 5) is 39.1. The monoisotopic (exact) mass is 472 g/mol. The van der Waals surface area contributed by atoms with Gasteiger partial charge in [0.25, 0.3) is 11.8 Å². The van der Waals surface area contributed by atoms with Crippen molar-refractivity contribution < 1.29 is 19.1 Å². The van der Waals surface area contributed by atoms with E-state index in [-0.39, 0.29) is 17.7 Å². The summed E-state index contributed by atoms with van der Waals surface area (Å²) in [6, 6.07) is 14.2. The van der Waals surface area contributed by atoms with E-state index in [4.69, 9.17) is 4.74 Å². The molecule has 182 valence electrons. The van der Waals surface area contributed by atoms with Crippen LogP contribution in [-0.4, -0.2) is 35.8 Å². The molecule has 0 saturated heterocycles. The van der Waals surface area contributed by atoms with E-state index >= 15 is 0 Å². The molecule has 0 aromatic heterocycles. The van der Waals surface area contributed by atoms with Crippen molar-refractivity contribution in [1.29, 1.82) is 0 Å². The number of hydrogen-bond acceptors (Lipinski definition) is 4. The Morgan fingerprint density at radius 3 is 2.46 bits per heavy atom. The van der Waals surface area contributed by atoms with E-state index in [9.17, 15) is 14.4 Å². The van der Waals surface area contributed by atoms with E-state index in [1.807, 2.05) is 57.2 Å². The normalized spacial score (nSPS) is 13.6. The van der Waals surface area contributed by atoms with Crippen molar-refractivity contribution in [3.8, 4) is 0 Å². The average Bonchev–Trinajstić information content (AvgIpc) is 3.15. The van der Waals surface area contributed by atoms with Crippen molar-refractivity contribution in [1.82, 2.24) is 10.2 Å². The molecule has 1 aliphatic heterocycles. The second kappa shape index (κ2) is 12.0. The van der Waals surface area contributed by atoms with Crippen LogP contribution in [0.3, 0.4) is 0 Å². The summed E-state index contributed by atoms with van der Waals surface area (Å²) in [6.07, 6.45) is 5.48. The van der Waals surface area contributed by atoms with Crippen LogP contribution >= 0.6 is 0 Å². The lowest BCUT2D eigenvalue weighted by atomic mass is 10.1. The van der Waals surface area contributed by atoms with Gasteiger partial charge in [-0.1, -0.05) is 62.9 Å². The van der Waals surface area contributed by atoms with Crippen LogP contribution in [0.15, 0.2) is 84.5 Å². The molecular formula is C29H32N2O4. The molecule has 0 bridgehead atoms. The zero-order valence-corrected chi connectivity index (χ0v) is 20.5. The third-order valence-electron chi connectivity index (χ3n) is 5.55. The van der Waals surface area contributed by atoms with Gasteiger partial charge in [-0.15, -0.1) is 0 Å². The minimum Gasteiger partial charge on any atom is -0.462 e. The molecule has 6 heteroatoms. The Balaban J connectivity index is 1.57. The van der Waals surface area contributed by atoms with Crippen molar-refractivity contribution in [2.75, 3.05) is 13.2 Å². The third-order valence-corrected chi connectivity index (χ3v) is 5.55. The molecule has 2 aromatic carbocycles. The van der Waals surface area contributed by atoms with Crippen LogP contribution in [0, 0.1) is 5.92 Å². The minimum absolute atomic E-state index is 0.0247. The van der Waals surface area contributed by atoms with Crippen molar-refractivity contribution >= 4 is 17.8 Å². The summed E-state index contributed by atoms with van der Waals surface area (Å²) in [5, 5.41) is 2.91. The zero-order valence-electron chi connectivity index (χ0n) is 20.5. The average molecular weight is 473 g/mol. The number of nitrogens with one attached hydrogen (secondary N) is 1. The van der Waals surface area contributed by atoms with E-state index in [0.717, 1.165) is 16.7 Å². The molecule has 0 atom stereocenters. The summed E-state index contributed by atoms with van der Waals surface area (Å²) >= 11 is 0. The number of nitrogens with zero attached hydrogens (tertiary/aromatic N) is 1. The smallest absolute Gasteiger partial charge is 0.338 e. The number of amides is 2. The van der Waals surface area contributed by atoms with Crippen molar-refractivity contribution in [3.63, 3.8) is 0 Å². The highest BCUT2D eigenvalue weighted by Crippen LogP contribution is 2.23. The number of allylic oxidation sites excluding steroid dienone is 1. The first kappa shape index (κ1) is 25.7. The summed E-state index contributed by atoms with van der Waals surface area (Å²) in [7, 11) is 0. The SMILES string of the molecule is C=CC1=C(/C=C\C)CN(Cc2cccc(CNC(=O)c3ccc(C(=O)OCC(C)C)cc3)c2)C1=O. The molecule has 0 radical (unpaired) electrons. The van der Waals surface area contributed by atoms with Crippen molar-refractivity contribution in [3.05, 3.63) is 107 Å². The quantitative estimate of drug-likeness (QED) is 0.503. The number of ether oxygens (including phenoxy) is 1. The van der Waals surface area contributed by atoms with Crippen LogP contribution in [0.4, 0.5) is 0 Å². The highest BCUT2D eigenvalue weighted by molar-refractivity contribution is 6.00. The Hall–Kier alpha value is -3.93. The fraction of sp³-hybridized carbons (Fsp3) is 0.276. The number of carbonyl (C=O) groups excluding carboxylic acids is 3. The first-order valence-electron chi connectivity index (χ1n) is 11.7. The van der Waals surface area contributed by atoms with Crippen molar-refractivity contribution in [2.45, 2.75) is 33.9 Å². The second-order valence-electron chi connectivity index (χ2n) is 8.88. The maximum Gasteiger partial charge on any atom is 0.338 e. The molecule has 1 N–H and O–H groups in total. The maximum absolute atomic E-state index is 12.7. The molecule has 6 nitrogen and oxygen atoms in total. The summed E-state index contributed by atoms with van der Waals surface area (Å²) < 4.78 is 5.22. The van der Waals surface area contributed by atoms with E-state index in [1.165, 1.54) is 0 Å². The van der Waals surface area contributed by atoms with Crippen LogP contribution in [0.2, 0.25) is 0 Å². The molecule has 0 aliphatic carbocycles. The van der Waals surface area contributed by atoms with Gasteiger partial charge in [0.15, 0.2) is 0 Å². The Morgan fingerprint density at radius 1 is 1.11 bits per heavy atom. The molecule has 0 unspecified atom stereocenters. The van der Waals surface area contributed by atoms with E-state index in [2.05, 4.69) is 11.9 Å². The van der Waals surface area contributed by atoms with Gasteiger partial charge in [0.2, 0.25) is 0 Å². The molecule has 0 saturated carbocycles. The molecular weight excluding hydrogens is 440 g/mol. The molecule has 1 aliphatic rings. The standard InChI is InChI=1S/C29H32N2O4/c1-5-8-25-18-31(28(33)26(25)6-2)17-22-10-7-9-21(15-22)16-30-27(32)23-11-13-24(14-12-23)29(34)35-19-20(3)4/h5-15,20H,2,16-19H2,1,3-4H3,(H,30,32)/b8-5-. The highest BCUT2D eigenvalue weighted by atomic mass is 16.5. The first-order valence-corrected chi connectivity index (χ1v) is 11.7.